The number of aliphatic hydroxyl groups is 1. The summed E-state index contributed by atoms with van der Waals surface area (Å²) in [6.45, 7) is 3.84. The quantitative estimate of drug-likeness (QED) is 0.246. The summed E-state index contributed by atoms with van der Waals surface area (Å²) >= 11 is 0. The molecule has 2 atom stereocenters. The topological polar surface area (TPSA) is 194 Å². The van der Waals surface area contributed by atoms with Gasteiger partial charge in [0.1, 0.15) is 12.3 Å². The van der Waals surface area contributed by atoms with Crippen LogP contribution in [0.4, 0.5) is 4.79 Å². The number of hydrogen-bond acceptors (Lipinski definition) is 7. The van der Waals surface area contributed by atoms with Crippen molar-refractivity contribution in [1.82, 2.24) is 10.6 Å². The summed E-state index contributed by atoms with van der Waals surface area (Å²) in [6, 6.07) is -2.49. The van der Waals surface area contributed by atoms with Crippen molar-refractivity contribution in [3.05, 3.63) is 11.3 Å². The van der Waals surface area contributed by atoms with Gasteiger partial charge in [-0.05, 0) is 24.8 Å². The summed E-state index contributed by atoms with van der Waals surface area (Å²) in [5.74, 6) is -2.99. The van der Waals surface area contributed by atoms with Gasteiger partial charge in [0.15, 0.2) is 6.04 Å². The van der Waals surface area contributed by atoms with Crippen LogP contribution in [0.3, 0.4) is 0 Å². The molecule has 11 heteroatoms. The van der Waals surface area contributed by atoms with Gasteiger partial charge >= 0.3 is 12.1 Å². The van der Waals surface area contributed by atoms with E-state index in [1.807, 2.05) is 19.2 Å². The van der Waals surface area contributed by atoms with Crippen LogP contribution in [0.25, 0.3) is 0 Å². The predicted octanol–water partition coefficient (Wildman–Crippen LogP) is -1.59. The second-order valence-corrected chi connectivity index (χ2v) is 6.04. The Balaban J connectivity index is 5.44. The molecule has 0 fully saturated rings. The van der Waals surface area contributed by atoms with Crippen molar-refractivity contribution in [3.63, 3.8) is 0 Å². The predicted molar refractivity (Wildman–Crippen MR) is 90.5 cm³/mol. The zero-order chi connectivity index (χ0) is 20.4. The van der Waals surface area contributed by atoms with E-state index in [4.69, 9.17) is 21.7 Å². The zero-order valence-corrected chi connectivity index (χ0v) is 14.9. The maximum atomic E-state index is 12.3. The molecule has 26 heavy (non-hydrogen) atoms. The number of nitrogens with two attached hydrogens (primary N) is 2. The van der Waals surface area contributed by atoms with Crippen molar-refractivity contribution < 1.29 is 34.1 Å². The van der Waals surface area contributed by atoms with Crippen LogP contribution < -0.4 is 22.1 Å². The number of hydrogen-bond donors (Lipinski definition) is 6. The van der Waals surface area contributed by atoms with E-state index in [0.717, 1.165) is 0 Å². The lowest BCUT2D eigenvalue weighted by molar-refractivity contribution is -0.142. The summed E-state index contributed by atoms with van der Waals surface area (Å²) < 4.78 is 4.57. The number of carbonyl (C=O) groups excluding carboxylic acids is 3. The minimum Gasteiger partial charge on any atom is -0.480 e. The van der Waals surface area contributed by atoms with E-state index in [1.54, 1.807) is 0 Å². The molecular formula is C15H26N4O7. The lowest BCUT2D eigenvalue weighted by Crippen LogP contribution is -2.49. The summed E-state index contributed by atoms with van der Waals surface area (Å²) in [4.78, 5) is 46.2. The van der Waals surface area contributed by atoms with Crippen LogP contribution in [0.5, 0.6) is 0 Å². The molecule has 0 saturated carbocycles. The van der Waals surface area contributed by atoms with E-state index in [-0.39, 0.29) is 17.2 Å². The standard InChI is InChI=1S/C15H26N4O7/c1-7(2)4-9(16)12(21)19-11(8(3)6-26-15(17)25)13(22)18-10(5-20)14(23)24/h7,9-10,20H,4-6,16H2,1-3H3,(H2,17,25)(H,18,22)(H,19,21)(H,23,24)/b11-8-/t9-,10-/m0/s1. The van der Waals surface area contributed by atoms with Crippen LogP contribution in [-0.4, -0.2) is 59.4 Å². The Morgan fingerprint density at radius 1 is 1.19 bits per heavy atom. The number of aliphatic hydroxyl groups excluding tert-OH is 1. The molecule has 0 spiro atoms. The highest BCUT2D eigenvalue weighted by atomic mass is 16.5. The van der Waals surface area contributed by atoms with Gasteiger partial charge in [-0.2, -0.15) is 0 Å². The second-order valence-electron chi connectivity index (χ2n) is 6.04. The maximum absolute atomic E-state index is 12.3. The average Bonchev–Trinajstić information content (AvgIpc) is 2.53. The molecule has 0 aliphatic rings. The third-order valence-corrected chi connectivity index (χ3v) is 3.18. The smallest absolute Gasteiger partial charge is 0.404 e. The Bertz CT molecular complexity index is 574. The van der Waals surface area contributed by atoms with Crippen LogP contribution in [0.2, 0.25) is 0 Å². The molecule has 0 saturated heterocycles. The lowest BCUT2D eigenvalue weighted by atomic mass is 10.0. The molecule has 0 heterocycles. The summed E-state index contributed by atoms with van der Waals surface area (Å²) in [5, 5.41) is 22.3. The van der Waals surface area contributed by atoms with E-state index in [9.17, 15) is 19.2 Å². The van der Waals surface area contributed by atoms with E-state index in [1.165, 1.54) is 6.92 Å². The van der Waals surface area contributed by atoms with E-state index >= 15 is 0 Å². The summed E-state index contributed by atoms with van der Waals surface area (Å²) in [7, 11) is 0. The molecule has 3 amide bonds. The Morgan fingerprint density at radius 3 is 2.19 bits per heavy atom. The fourth-order valence-electron chi connectivity index (χ4n) is 1.86. The Hall–Kier alpha value is -2.66. The summed E-state index contributed by atoms with van der Waals surface area (Å²) in [5.41, 5.74) is 10.4. The first-order valence-corrected chi connectivity index (χ1v) is 7.82. The second kappa shape index (κ2) is 11.1. The molecule has 0 aromatic heterocycles. The number of aliphatic carboxylic acids is 1. The molecule has 0 aromatic carbocycles. The molecule has 8 N–H and O–H groups in total. The fraction of sp³-hybridized carbons (Fsp3) is 0.600. The van der Waals surface area contributed by atoms with Gasteiger partial charge in [0.2, 0.25) is 5.91 Å². The van der Waals surface area contributed by atoms with Crippen LogP contribution in [0.1, 0.15) is 27.2 Å². The minimum absolute atomic E-state index is 0.105. The monoisotopic (exact) mass is 374 g/mol. The van der Waals surface area contributed by atoms with E-state index < -0.39 is 49.2 Å². The number of carboxylic acid groups (broad SMARTS) is 1. The number of ether oxygens (including phenoxy) is 1. The number of carbonyl (C=O) groups is 4. The zero-order valence-electron chi connectivity index (χ0n) is 14.9. The Labute approximate surface area is 150 Å². The lowest BCUT2D eigenvalue weighted by Gasteiger charge is -2.19. The van der Waals surface area contributed by atoms with Gasteiger partial charge in [-0.1, -0.05) is 13.8 Å². The van der Waals surface area contributed by atoms with Gasteiger partial charge in [-0.3, -0.25) is 9.59 Å². The minimum atomic E-state index is -1.58. The normalized spacial score (nSPS) is 14.1. The molecular weight excluding hydrogens is 348 g/mol. The van der Waals surface area contributed by atoms with Crippen molar-refractivity contribution in [2.75, 3.05) is 13.2 Å². The highest BCUT2D eigenvalue weighted by molar-refractivity contribution is 6.00. The number of rotatable bonds is 10. The average molecular weight is 374 g/mol. The van der Waals surface area contributed by atoms with Crippen molar-refractivity contribution in [3.8, 4) is 0 Å². The molecule has 0 aromatic rings. The van der Waals surface area contributed by atoms with E-state index in [0.29, 0.717) is 6.42 Å². The molecule has 148 valence electrons. The van der Waals surface area contributed by atoms with Crippen LogP contribution in [0.15, 0.2) is 11.3 Å². The molecule has 0 rings (SSSR count). The van der Waals surface area contributed by atoms with Crippen LogP contribution in [-0.2, 0) is 19.1 Å². The van der Waals surface area contributed by atoms with Gasteiger partial charge in [0.25, 0.3) is 5.91 Å². The SMILES string of the molecule is C/C(COC(N)=O)=C(/NC(=O)[C@@H](N)CC(C)C)C(=O)N[C@@H](CO)C(=O)O. The van der Waals surface area contributed by atoms with Crippen LogP contribution in [0, 0.1) is 5.92 Å². The first-order valence-electron chi connectivity index (χ1n) is 7.82. The third-order valence-electron chi connectivity index (χ3n) is 3.18. The molecule has 0 unspecified atom stereocenters. The largest absolute Gasteiger partial charge is 0.480 e. The van der Waals surface area contributed by atoms with Crippen molar-refractivity contribution in [2.45, 2.75) is 39.3 Å². The Kier molecular flexibility index (Phi) is 9.92. The molecule has 0 aliphatic carbocycles. The molecule has 0 radical (unpaired) electrons. The number of amides is 3. The van der Waals surface area contributed by atoms with Gasteiger partial charge in [-0.25, -0.2) is 9.59 Å². The Morgan fingerprint density at radius 2 is 1.77 bits per heavy atom. The van der Waals surface area contributed by atoms with E-state index in [2.05, 4.69) is 10.1 Å². The third kappa shape index (κ3) is 8.44. The first-order chi connectivity index (χ1) is 12.0. The van der Waals surface area contributed by atoms with Gasteiger partial charge < -0.3 is 37.1 Å². The van der Waals surface area contributed by atoms with Crippen molar-refractivity contribution in [2.24, 2.45) is 17.4 Å². The maximum Gasteiger partial charge on any atom is 0.404 e. The van der Waals surface area contributed by atoms with Gasteiger partial charge in [-0.15, -0.1) is 0 Å². The molecule has 11 nitrogen and oxygen atoms in total. The highest BCUT2D eigenvalue weighted by Gasteiger charge is 2.25. The van der Waals surface area contributed by atoms with Crippen LogP contribution >= 0.6 is 0 Å². The molecule has 0 aliphatic heterocycles. The number of primary amides is 1. The van der Waals surface area contributed by atoms with Crippen molar-refractivity contribution >= 4 is 23.9 Å². The first kappa shape index (κ1) is 23.3. The fourth-order valence-corrected chi connectivity index (χ4v) is 1.86. The van der Waals surface area contributed by atoms with Crippen molar-refractivity contribution in [1.29, 1.82) is 0 Å². The number of carboxylic acids is 1. The van der Waals surface area contributed by atoms with Gasteiger partial charge in [0, 0.05) is 0 Å². The number of nitrogens with one attached hydrogen (secondary N) is 2. The molecule has 0 bridgehead atoms. The summed E-state index contributed by atoms with van der Waals surface area (Å²) in [6.07, 6.45) is -0.739. The van der Waals surface area contributed by atoms with Gasteiger partial charge in [0.05, 0.1) is 12.6 Å². The highest BCUT2D eigenvalue weighted by Crippen LogP contribution is 2.07.